The summed E-state index contributed by atoms with van der Waals surface area (Å²) in [6.45, 7) is 1.15. The summed E-state index contributed by atoms with van der Waals surface area (Å²) in [5.41, 5.74) is 1.75. The lowest BCUT2D eigenvalue weighted by Crippen LogP contribution is -2.40. The van der Waals surface area contributed by atoms with E-state index in [9.17, 15) is 9.59 Å². The number of fused-ring (bicyclic) bond motifs is 1. The molecule has 1 aromatic heterocycles. The number of thiazole rings is 1. The van der Waals surface area contributed by atoms with Gasteiger partial charge in [0.25, 0.3) is 0 Å². The van der Waals surface area contributed by atoms with Crippen molar-refractivity contribution in [1.29, 1.82) is 0 Å². The lowest BCUT2D eigenvalue weighted by atomic mass is 9.96. The molecule has 1 N–H and O–H groups in total. The monoisotopic (exact) mass is 421 g/mol. The molecule has 0 aliphatic carbocycles. The standard InChI is InChI=1S/C23H23N3O3S/c1-29-18-8-5-9-19-21(18)24-23(30-19)25-22(28)17-12-14-26(15-13-17)20(27)11-10-16-6-3-2-4-7-16/h2-11,17H,12-15H2,1H3,(H,24,25,28)/b11-10+. The Morgan fingerprint density at radius 3 is 2.63 bits per heavy atom. The van der Waals surface area contributed by atoms with Crippen molar-refractivity contribution in [3.05, 3.63) is 60.2 Å². The van der Waals surface area contributed by atoms with E-state index >= 15 is 0 Å². The number of methoxy groups -OCH3 is 1. The number of piperidine rings is 1. The summed E-state index contributed by atoms with van der Waals surface area (Å²) in [6.07, 6.45) is 4.71. The van der Waals surface area contributed by atoms with Crippen molar-refractivity contribution >= 4 is 44.6 Å². The highest BCUT2D eigenvalue weighted by molar-refractivity contribution is 7.22. The Morgan fingerprint density at radius 1 is 1.13 bits per heavy atom. The van der Waals surface area contributed by atoms with Crippen LogP contribution in [0.4, 0.5) is 5.13 Å². The zero-order valence-electron chi connectivity index (χ0n) is 16.7. The molecule has 4 rings (SSSR count). The third-order valence-corrected chi connectivity index (χ3v) is 6.16. The first kappa shape index (κ1) is 20.1. The van der Waals surface area contributed by atoms with Crippen LogP contribution >= 0.6 is 11.3 Å². The molecular weight excluding hydrogens is 398 g/mol. The van der Waals surface area contributed by atoms with E-state index in [0.29, 0.717) is 36.8 Å². The van der Waals surface area contributed by atoms with Gasteiger partial charge in [-0.05, 0) is 36.6 Å². The van der Waals surface area contributed by atoms with Crippen LogP contribution in [0.2, 0.25) is 0 Å². The molecule has 7 heteroatoms. The van der Waals surface area contributed by atoms with Crippen LogP contribution in [0.3, 0.4) is 0 Å². The first-order valence-corrected chi connectivity index (χ1v) is 10.7. The second-order valence-electron chi connectivity index (χ2n) is 7.16. The Morgan fingerprint density at radius 2 is 1.90 bits per heavy atom. The number of nitrogens with zero attached hydrogens (tertiary/aromatic N) is 2. The van der Waals surface area contributed by atoms with Gasteiger partial charge in [0.2, 0.25) is 11.8 Å². The summed E-state index contributed by atoms with van der Waals surface area (Å²) in [5, 5.41) is 3.51. The zero-order valence-corrected chi connectivity index (χ0v) is 17.5. The minimum atomic E-state index is -0.124. The van der Waals surface area contributed by atoms with E-state index in [2.05, 4.69) is 10.3 Å². The summed E-state index contributed by atoms with van der Waals surface area (Å²) in [6, 6.07) is 15.5. The molecule has 0 spiro atoms. The number of hydrogen-bond donors (Lipinski definition) is 1. The van der Waals surface area contributed by atoms with Gasteiger partial charge >= 0.3 is 0 Å². The van der Waals surface area contributed by atoms with Crippen LogP contribution in [0.5, 0.6) is 5.75 Å². The normalized spacial score (nSPS) is 14.9. The van der Waals surface area contributed by atoms with Crippen molar-refractivity contribution in [2.75, 3.05) is 25.5 Å². The molecule has 0 unspecified atom stereocenters. The number of likely N-dealkylation sites (tertiary alicyclic amines) is 1. The first-order chi connectivity index (χ1) is 14.6. The Balaban J connectivity index is 1.32. The molecule has 2 aromatic carbocycles. The molecule has 2 heterocycles. The van der Waals surface area contributed by atoms with E-state index in [-0.39, 0.29) is 17.7 Å². The molecule has 30 heavy (non-hydrogen) atoms. The van der Waals surface area contributed by atoms with E-state index in [1.54, 1.807) is 18.1 Å². The second-order valence-corrected chi connectivity index (χ2v) is 8.19. The fraction of sp³-hybridized carbons (Fsp3) is 0.261. The smallest absolute Gasteiger partial charge is 0.246 e. The fourth-order valence-corrected chi connectivity index (χ4v) is 4.43. The minimum Gasteiger partial charge on any atom is -0.494 e. The molecule has 1 fully saturated rings. The van der Waals surface area contributed by atoms with E-state index in [0.717, 1.165) is 15.8 Å². The van der Waals surface area contributed by atoms with Crippen molar-refractivity contribution in [1.82, 2.24) is 9.88 Å². The predicted octanol–water partition coefficient (Wildman–Crippen LogP) is 4.20. The molecule has 1 aliphatic heterocycles. The van der Waals surface area contributed by atoms with Crippen molar-refractivity contribution in [2.24, 2.45) is 5.92 Å². The van der Waals surface area contributed by atoms with Gasteiger partial charge in [-0.2, -0.15) is 0 Å². The summed E-state index contributed by atoms with van der Waals surface area (Å²) < 4.78 is 6.30. The highest BCUT2D eigenvalue weighted by Gasteiger charge is 2.27. The molecule has 0 saturated carbocycles. The Kier molecular flexibility index (Phi) is 6.09. The van der Waals surface area contributed by atoms with E-state index in [4.69, 9.17) is 4.74 Å². The van der Waals surface area contributed by atoms with Gasteiger partial charge in [0.15, 0.2) is 5.13 Å². The average Bonchev–Trinajstić information content (AvgIpc) is 3.20. The number of ether oxygens (including phenoxy) is 1. The van der Waals surface area contributed by atoms with Gasteiger partial charge in [-0.3, -0.25) is 9.59 Å². The van der Waals surface area contributed by atoms with Crippen molar-refractivity contribution in [3.8, 4) is 5.75 Å². The topological polar surface area (TPSA) is 71.5 Å². The van der Waals surface area contributed by atoms with E-state index < -0.39 is 0 Å². The van der Waals surface area contributed by atoms with Gasteiger partial charge in [-0.15, -0.1) is 0 Å². The summed E-state index contributed by atoms with van der Waals surface area (Å²) in [7, 11) is 1.61. The fourth-order valence-electron chi connectivity index (χ4n) is 3.55. The number of nitrogens with one attached hydrogen (secondary N) is 1. The number of hydrogen-bond acceptors (Lipinski definition) is 5. The molecule has 154 valence electrons. The maximum Gasteiger partial charge on any atom is 0.246 e. The van der Waals surface area contributed by atoms with E-state index in [1.807, 2.05) is 54.6 Å². The van der Waals surface area contributed by atoms with E-state index in [1.165, 1.54) is 11.3 Å². The number of rotatable bonds is 5. The number of benzene rings is 2. The molecular formula is C23H23N3O3S. The molecule has 0 radical (unpaired) electrons. The number of aromatic nitrogens is 1. The van der Waals surface area contributed by atoms with Gasteiger partial charge in [-0.1, -0.05) is 47.7 Å². The molecule has 2 amide bonds. The highest BCUT2D eigenvalue weighted by Crippen LogP contribution is 2.32. The minimum absolute atomic E-state index is 0.0176. The number of anilines is 1. The summed E-state index contributed by atoms with van der Waals surface area (Å²) >= 11 is 1.43. The first-order valence-electron chi connectivity index (χ1n) is 9.90. The molecule has 3 aromatic rings. The number of carbonyl (C=O) groups is 2. The van der Waals surface area contributed by atoms with Gasteiger partial charge < -0.3 is 15.0 Å². The average molecular weight is 422 g/mol. The molecule has 1 aliphatic rings. The van der Waals surface area contributed by atoms with Gasteiger partial charge in [-0.25, -0.2) is 4.98 Å². The second kappa shape index (κ2) is 9.09. The van der Waals surface area contributed by atoms with Crippen molar-refractivity contribution in [2.45, 2.75) is 12.8 Å². The maximum atomic E-state index is 12.7. The Bertz CT molecular complexity index is 1070. The van der Waals surface area contributed by atoms with Gasteiger partial charge in [0.1, 0.15) is 11.3 Å². The lowest BCUT2D eigenvalue weighted by molar-refractivity contribution is -0.130. The van der Waals surface area contributed by atoms with Crippen LogP contribution in [-0.4, -0.2) is 41.9 Å². The van der Waals surface area contributed by atoms with Crippen LogP contribution in [0.15, 0.2) is 54.6 Å². The van der Waals surface area contributed by atoms with Crippen molar-refractivity contribution in [3.63, 3.8) is 0 Å². The number of amides is 2. The number of para-hydroxylation sites is 1. The van der Waals surface area contributed by atoms with Gasteiger partial charge in [0.05, 0.1) is 11.8 Å². The lowest BCUT2D eigenvalue weighted by Gasteiger charge is -2.30. The molecule has 0 bridgehead atoms. The summed E-state index contributed by atoms with van der Waals surface area (Å²) in [4.78, 5) is 31.4. The van der Waals surface area contributed by atoms with Crippen LogP contribution in [0, 0.1) is 5.92 Å². The molecule has 6 nitrogen and oxygen atoms in total. The summed E-state index contributed by atoms with van der Waals surface area (Å²) in [5.74, 6) is 0.511. The Hall–Kier alpha value is -3.19. The van der Waals surface area contributed by atoms with Crippen LogP contribution in [0.25, 0.3) is 16.3 Å². The van der Waals surface area contributed by atoms with Crippen LogP contribution in [0.1, 0.15) is 18.4 Å². The van der Waals surface area contributed by atoms with Gasteiger partial charge in [0, 0.05) is 25.1 Å². The largest absolute Gasteiger partial charge is 0.494 e. The third-order valence-electron chi connectivity index (χ3n) is 5.23. The van der Waals surface area contributed by atoms with Crippen LogP contribution in [-0.2, 0) is 9.59 Å². The zero-order chi connectivity index (χ0) is 20.9. The predicted molar refractivity (Wildman–Crippen MR) is 120 cm³/mol. The quantitative estimate of drug-likeness (QED) is 0.627. The van der Waals surface area contributed by atoms with Crippen LogP contribution < -0.4 is 10.1 Å². The molecule has 1 saturated heterocycles. The third kappa shape index (κ3) is 4.52. The Labute approximate surface area is 179 Å². The van der Waals surface area contributed by atoms with Crippen molar-refractivity contribution < 1.29 is 14.3 Å². The maximum absolute atomic E-state index is 12.7. The highest BCUT2D eigenvalue weighted by atomic mass is 32.1. The molecule has 0 atom stereocenters. The number of carbonyl (C=O) groups excluding carboxylic acids is 2. The SMILES string of the molecule is COc1cccc2sc(NC(=O)C3CCN(C(=O)/C=C/c4ccccc4)CC3)nc12.